The van der Waals surface area contributed by atoms with Crippen LogP contribution in [-0.2, 0) is 5.41 Å². The zero-order valence-corrected chi connectivity index (χ0v) is 13.5. The van der Waals surface area contributed by atoms with E-state index >= 15 is 0 Å². The van der Waals surface area contributed by atoms with Crippen molar-refractivity contribution in [2.45, 2.75) is 26.2 Å². The van der Waals surface area contributed by atoms with Gasteiger partial charge >= 0.3 is 0 Å². The minimum atomic E-state index is -0.186. The number of fused-ring (bicyclic) bond motifs is 1. The monoisotopic (exact) mass is 316 g/mol. The van der Waals surface area contributed by atoms with Gasteiger partial charge in [-0.15, -0.1) is 0 Å². The largest absolute Gasteiger partial charge is 0.221 e. The van der Waals surface area contributed by atoms with Gasteiger partial charge < -0.3 is 0 Å². The quantitative estimate of drug-likeness (QED) is 0.673. The smallest absolute Gasteiger partial charge is 0.214 e. The van der Waals surface area contributed by atoms with Crippen LogP contribution in [0.5, 0.6) is 0 Å². The van der Waals surface area contributed by atoms with E-state index < -0.39 is 0 Å². The molecule has 0 atom stereocenters. The van der Waals surface area contributed by atoms with Crippen LogP contribution in [0.2, 0.25) is 5.02 Å². The molecule has 0 saturated carbocycles. The van der Waals surface area contributed by atoms with Crippen LogP contribution in [0.3, 0.4) is 0 Å². The highest BCUT2D eigenvalue weighted by atomic mass is 35.5. The fourth-order valence-electron chi connectivity index (χ4n) is 2.11. The van der Waals surface area contributed by atoms with Gasteiger partial charge in [0.1, 0.15) is 11.1 Å². The second-order valence-corrected chi connectivity index (χ2v) is 7.18. The number of nitriles is 1. The molecule has 0 amide bonds. The second kappa shape index (κ2) is 4.83. The first-order chi connectivity index (χ1) is 9.90. The van der Waals surface area contributed by atoms with E-state index in [2.05, 4.69) is 16.2 Å². The zero-order chi connectivity index (χ0) is 15.2. The third kappa shape index (κ3) is 2.41. The maximum absolute atomic E-state index is 9.43. The number of aromatic nitrogens is 3. The Kier molecular flexibility index (Phi) is 3.23. The van der Waals surface area contributed by atoms with Crippen LogP contribution in [-0.4, -0.2) is 14.6 Å². The van der Waals surface area contributed by atoms with E-state index in [1.165, 1.54) is 11.3 Å². The molecule has 4 nitrogen and oxygen atoms in total. The Balaban J connectivity index is 2.19. The Labute approximate surface area is 131 Å². The van der Waals surface area contributed by atoms with Crippen molar-refractivity contribution in [2.24, 2.45) is 0 Å². The Morgan fingerprint density at radius 3 is 2.71 bits per heavy atom. The van der Waals surface area contributed by atoms with Gasteiger partial charge in [-0.3, -0.25) is 0 Å². The van der Waals surface area contributed by atoms with Crippen LogP contribution >= 0.6 is 22.9 Å². The molecule has 3 rings (SSSR count). The lowest BCUT2D eigenvalue weighted by Gasteiger charge is -2.14. The number of imidazole rings is 1. The molecular weight excluding hydrogens is 304 g/mol. The minimum absolute atomic E-state index is 0.186. The van der Waals surface area contributed by atoms with Crippen molar-refractivity contribution >= 4 is 27.9 Å². The molecule has 0 unspecified atom stereocenters. The number of halogens is 1. The Hall–Kier alpha value is -1.90. The highest BCUT2D eigenvalue weighted by Crippen LogP contribution is 2.32. The van der Waals surface area contributed by atoms with Crippen molar-refractivity contribution in [3.63, 3.8) is 0 Å². The van der Waals surface area contributed by atoms with Crippen LogP contribution < -0.4 is 0 Å². The van der Waals surface area contributed by atoms with Crippen LogP contribution in [0.25, 0.3) is 15.5 Å². The molecule has 0 aliphatic heterocycles. The summed E-state index contributed by atoms with van der Waals surface area (Å²) in [5.74, 6) is 0. The predicted octanol–water partition coefficient (Wildman–Crippen LogP) is 4.28. The van der Waals surface area contributed by atoms with Gasteiger partial charge in [-0.1, -0.05) is 55.8 Å². The lowest BCUT2D eigenvalue weighted by Crippen LogP contribution is -2.14. The summed E-state index contributed by atoms with van der Waals surface area (Å²) in [5, 5.41) is 15.4. The Morgan fingerprint density at radius 1 is 1.33 bits per heavy atom. The third-order valence-corrected chi connectivity index (χ3v) is 4.28. The van der Waals surface area contributed by atoms with E-state index in [0.29, 0.717) is 10.7 Å². The molecule has 0 aliphatic carbocycles. The summed E-state index contributed by atoms with van der Waals surface area (Å²) in [7, 11) is 0. The SMILES string of the molecule is CC(C)(C)c1nc2sc(-c3cccc(Cl)c3)nn2c1C#N. The molecule has 1 aromatic carbocycles. The minimum Gasteiger partial charge on any atom is -0.221 e. The molecule has 6 heteroatoms. The molecule has 0 bridgehead atoms. The number of benzene rings is 1. The molecule has 2 aromatic heterocycles. The van der Waals surface area contributed by atoms with Crippen LogP contribution in [0.15, 0.2) is 24.3 Å². The molecular formula is C15H13ClN4S. The number of nitrogens with zero attached hydrogens (tertiary/aromatic N) is 4. The van der Waals surface area contributed by atoms with Crippen molar-refractivity contribution in [1.29, 1.82) is 5.26 Å². The molecule has 2 heterocycles. The molecule has 3 aromatic rings. The highest BCUT2D eigenvalue weighted by Gasteiger charge is 2.26. The average Bonchev–Trinajstić information content (AvgIpc) is 2.94. The van der Waals surface area contributed by atoms with Crippen LogP contribution in [0.1, 0.15) is 32.2 Å². The van der Waals surface area contributed by atoms with E-state index in [-0.39, 0.29) is 5.41 Å². The first-order valence-electron chi connectivity index (χ1n) is 6.46. The van der Waals surface area contributed by atoms with E-state index in [1.54, 1.807) is 4.52 Å². The van der Waals surface area contributed by atoms with Gasteiger partial charge in [-0.2, -0.15) is 14.9 Å². The normalized spacial score (nSPS) is 11.8. The fourth-order valence-corrected chi connectivity index (χ4v) is 3.20. The van der Waals surface area contributed by atoms with Gasteiger partial charge in [0, 0.05) is 16.0 Å². The zero-order valence-electron chi connectivity index (χ0n) is 11.9. The van der Waals surface area contributed by atoms with Crippen molar-refractivity contribution < 1.29 is 0 Å². The van der Waals surface area contributed by atoms with Gasteiger partial charge in [-0.25, -0.2) is 4.98 Å². The van der Waals surface area contributed by atoms with Crippen LogP contribution in [0, 0.1) is 11.3 Å². The molecule has 21 heavy (non-hydrogen) atoms. The van der Waals surface area contributed by atoms with Crippen molar-refractivity contribution in [1.82, 2.24) is 14.6 Å². The van der Waals surface area contributed by atoms with Gasteiger partial charge in [-0.05, 0) is 12.1 Å². The maximum Gasteiger partial charge on any atom is 0.214 e. The van der Waals surface area contributed by atoms with Crippen molar-refractivity contribution in [2.75, 3.05) is 0 Å². The molecule has 0 N–H and O–H groups in total. The van der Waals surface area contributed by atoms with Crippen molar-refractivity contribution in [3.05, 3.63) is 40.7 Å². The summed E-state index contributed by atoms with van der Waals surface area (Å²) < 4.78 is 1.63. The molecule has 0 aliphatic rings. The van der Waals surface area contributed by atoms with Crippen LogP contribution in [0.4, 0.5) is 0 Å². The van der Waals surface area contributed by atoms with Gasteiger partial charge in [0.2, 0.25) is 4.96 Å². The molecule has 0 fully saturated rings. The van der Waals surface area contributed by atoms with E-state index in [9.17, 15) is 5.26 Å². The summed E-state index contributed by atoms with van der Waals surface area (Å²) in [6.45, 7) is 6.12. The van der Waals surface area contributed by atoms with Crippen molar-refractivity contribution in [3.8, 4) is 16.6 Å². The van der Waals surface area contributed by atoms with Gasteiger partial charge in [0.15, 0.2) is 5.69 Å². The topological polar surface area (TPSA) is 54.0 Å². The molecule has 0 saturated heterocycles. The lowest BCUT2D eigenvalue weighted by atomic mass is 9.91. The van der Waals surface area contributed by atoms with E-state index in [4.69, 9.17) is 11.6 Å². The van der Waals surface area contributed by atoms with E-state index in [1.807, 2.05) is 45.0 Å². The molecule has 106 valence electrons. The summed E-state index contributed by atoms with van der Waals surface area (Å²) in [6, 6.07) is 9.73. The first-order valence-corrected chi connectivity index (χ1v) is 7.65. The van der Waals surface area contributed by atoms with Gasteiger partial charge in [0.05, 0.1) is 5.69 Å². The summed E-state index contributed by atoms with van der Waals surface area (Å²) in [4.78, 5) is 5.32. The first kappa shape index (κ1) is 14.1. The summed E-state index contributed by atoms with van der Waals surface area (Å²) in [6.07, 6.45) is 0. The summed E-state index contributed by atoms with van der Waals surface area (Å²) in [5.41, 5.74) is 2.02. The fraction of sp³-hybridized carbons (Fsp3) is 0.267. The Morgan fingerprint density at radius 2 is 2.10 bits per heavy atom. The third-order valence-electron chi connectivity index (χ3n) is 3.09. The predicted molar refractivity (Wildman–Crippen MR) is 84.7 cm³/mol. The number of hydrogen-bond acceptors (Lipinski definition) is 4. The lowest BCUT2D eigenvalue weighted by molar-refractivity contribution is 0.570. The maximum atomic E-state index is 9.43. The average molecular weight is 317 g/mol. The van der Waals surface area contributed by atoms with Gasteiger partial charge in [0.25, 0.3) is 0 Å². The highest BCUT2D eigenvalue weighted by molar-refractivity contribution is 7.19. The molecule has 0 spiro atoms. The number of hydrogen-bond donors (Lipinski definition) is 0. The summed E-state index contributed by atoms with van der Waals surface area (Å²) >= 11 is 7.47. The number of rotatable bonds is 1. The van der Waals surface area contributed by atoms with E-state index in [0.717, 1.165) is 21.2 Å². The Bertz CT molecular complexity index is 864. The molecule has 0 radical (unpaired) electrons. The standard InChI is InChI=1S/C15H13ClN4S/c1-15(2,3)12-11(8-17)20-14(18-12)21-13(19-20)9-5-4-6-10(16)7-9/h4-7H,1-3H3. The second-order valence-electron chi connectivity index (χ2n) is 5.78.